The normalized spacial score (nSPS) is 13.7. The van der Waals surface area contributed by atoms with E-state index in [-0.39, 0.29) is 12.2 Å². The molecule has 4 N–H and O–H groups in total. The minimum Gasteiger partial charge on any atom is -0.399 e. The Bertz CT molecular complexity index is 474. The minimum atomic E-state index is -3.94. The van der Waals surface area contributed by atoms with Gasteiger partial charge < -0.3 is 10.8 Å². The van der Waals surface area contributed by atoms with Gasteiger partial charge in [-0.25, -0.2) is 17.5 Å². The second kappa shape index (κ2) is 4.77. The molecule has 0 fully saturated rings. The van der Waals surface area contributed by atoms with Gasteiger partial charge in [-0.1, -0.05) is 0 Å². The Morgan fingerprint density at radius 1 is 1.56 bits per heavy atom. The second-order valence-electron chi connectivity index (χ2n) is 3.39. The molecule has 1 unspecified atom stereocenters. The van der Waals surface area contributed by atoms with E-state index in [2.05, 4.69) is 4.72 Å². The van der Waals surface area contributed by atoms with Crippen molar-refractivity contribution in [3.8, 4) is 0 Å². The average Bonchev–Trinajstić information content (AvgIpc) is 2.14. The SMILES string of the molecule is CC(O)CNS(=O)(=O)c1ccc(N)cc1F. The molecule has 0 aromatic heterocycles. The molecule has 7 heteroatoms. The number of rotatable bonds is 4. The van der Waals surface area contributed by atoms with E-state index in [4.69, 9.17) is 10.8 Å². The third kappa shape index (κ3) is 3.16. The highest BCUT2D eigenvalue weighted by atomic mass is 32.2. The highest BCUT2D eigenvalue weighted by Crippen LogP contribution is 2.16. The van der Waals surface area contributed by atoms with Crippen LogP contribution < -0.4 is 10.5 Å². The van der Waals surface area contributed by atoms with Crippen molar-refractivity contribution in [2.75, 3.05) is 12.3 Å². The van der Waals surface area contributed by atoms with Crippen LogP contribution in [0.5, 0.6) is 0 Å². The fraction of sp³-hybridized carbons (Fsp3) is 0.333. The standard InChI is InChI=1S/C9H13FN2O3S/c1-6(13)5-12-16(14,15)9-3-2-7(11)4-8(9)10/h2-4,6,12-13H,5,11H2,1H3. The number of nitrogen functional groups attached to an aromatic ring is 1. The van der Waals surface area contributed by atoms with Crippen molar-refractivity contribution in [3.05, 3.63) is 24.0 Å². The molecule has 5 nitrogen and oxygen atoms in total. The van der Waals surface area contributed by atoms with Crippen molar-refractivity contribution in [2.24, 2.45) is 0 Å². The van der Waals surface area contributed by atoms with Crippen LogP contribution in [0.2, 0.25) is 0 Å². The van der Waals surface area contributed by atoms with Gasteiger partial charge in [0.25, 0.3) is 0 Å². The van der Waals surface area contributed by atoms with E-state index in [1.807, 2.05) is 0 Å². The lowest BCUT2D eigenvalue weighted by molar-refractivity contribution is 0.198. The van der Waals surface area contributed by atoms with Crippen LogP contribution in [0.15, 0.2) is 23.1 Å². The van der Waals surface area contributed by atoms with Gasteiger partial charge in [-0.15, -0.1) is 0 Å². The van der Waals surface area contributed by atoms with Crippen molar-refractivity contribution in [1.82, 2.24) is 4.72 Å². The third-order valence-corrected chi connectivity index (χ3v) is 3.27. The summed E-state index contributed by atoms with van der Waals surface area (Å²) in [5.74, 6) is -0.918. The Morgan fingerprint density at radius 3 is 2.69 bits per heavy atom. The molecular formula is C9H13FN2O3S. The van der Waals surface area contributed by atoms with Crippen LogP contribution in [0.4, 0.5) is 10.1 Å². The summed E-state index contributed by atoms with van der Waals surface area (Å²) in [4.78, 5) is -0.484. The molecule has 1 aromatic rings. The Balaban J connectivity index is 2.99. The van der Waals surface area contributed by atoms with Gasteiger partial charge in [0, 0.05) is 12.2 Å². The summed E-state index contributed by atoms with van der Waals surface area (Å²) >= 11 is 0. The van der Waals surface area contributed by atoms with Gasteiger partial charge in [0.1, 0.15) is 10.7 Å². The molecule has 0 spiro atoms. The van der Waals surface area contributed by atoms with Crippen molar-refractivity contribution in [1.29, 1.82) is 0 Å². The van der Waals surface area contributed by atoms with E-state index in [9.17, 15) is 12.8 Å². The molecule has 0 aliphatic rings. The number of sulfonamides is 1. The first-order chi connectivity index (χ1) is 7.33. The summed E-state index contributed by atoms with van der Waals surface area (Å²) in [6.07, 6.45) is -0.841. The maximum Gasteiger partial charge on any atom is 0.243 e. The van der Waals surface area contributed by atoms with E-state index in [0.717, 1.165) is 12.1 Å². The Labute approximate surface area is 93.1 Å². The zero-order valence-electron chi connectivity index (χ0n) is 8.64. The van der Waals surface area contributed by atoms with Gasteiger partial charge in [0.2, 0.25) is 10.0 Å². The number of nitrogens with two attached hydrogens (primary N) is 1. The Hall–Kier alpha value is -1.18. The van der Waals surface area contributed by atoms with Crippen molar-refractivity contribution < 1.29 is 17.9 Å². The number of hydrogen-bond donors (Lipinski definition) is 3. The van der Waals surface area contributed by atoms with Gasteiger partial charge >= 0.3 is 0 Å². The van der Waals surface area contributed by atoms with E-state index >= 15 is 0 Å². The van der Waals surface area contributed by atoms with Crippen molar-refractivity contribution in [2.45, 2.75) is 17.9 Å². The smallest absolute Gasteiger partial charge is 0.243 e. The fourth-order valence-corrected chi connectivity index (χ4v) is 2.22. The number of aliphatic hydroxyl groups is 1. The molecule has 1 aromatic carbocycles. The predicted octanol–water partition coefficient (Wildman–Crippen LogP) is 0.0670. The molecule has 0 aliphatic heterocycles. The van der Waals surface area contributed by atoms with Crippen molar-refractivity contribution >= 4 is 15.7 Å². The highest BCUT2D eigenvalue weighted by molar-refractivity contribution is 7.89. The molecule has 1 atom stereocenters. The molecule has 16 heavy (non-hydrogen) atoms. The zero-order valence-corrected chi connectivity index (χ0v) is 9.46. The molecule has 1 rings (SSSR count). The zero-order chi connectivity index (χ0) is 12.3. The highest BCUT2D eigenvalue weighted by Gasteiger charge is 2.19. The van der Waals surface area contributed by atoms with Crippen molar-refractivity contribution in [3.63, 3.8) is 0 Å². The van der Waals surface area contributed by atoms with E-state index in [1.54, 1.807) is 0 Å². The van der Waals surface area contributed by atoms with Gasteiger partial charge in [0.05, 0.1) is 6.10 Å². The Kier molecular flexibility index (Phi) is 3.84. The van der Waals surface area contributed by atoms with Crippen LogP contribution in [-0.4, -0.2) is 26.2 Å². The summed E-state index contributed by atoms with van der Waals surface area (Å²) in [6, 6.07) is 3.30. The summed E-state index contributed by atoms with van der Waals surface area (Å²) in [6.45, 7) is 1.24. The first-order valence-corrected chi connectivity index (χ1v) is 6.04. The number of hydrogen-bond acceptors (Lipinski definition) is 4. The molecule has 0 saturated carbocycles. The molecule has 0 aliphatic carbocycles. The average molecular weight is 248 g/mol. The monoisotopic (exact) mass is 248 g/mol. The summed E-state index contributed by atoms with van der Waals surface area (Å²) in [5, 5.41) is 8.94. The van der Waals surface area contributed by atoms with E-state index < -0.39 is 26.8 Å². The molecule has 0 amide bonds. The molecule has 0 radical (unpaired) electrons. The maximum absolute atomic E-state index is 13.3. The lowest BCUT2D eigenvalue weighted by Gasteiger charge is -2.09. The maximum atomic E-state index is 13.3. The van der Waals surface area contributed by atoms with Crippen LogP contribution >= 0.6 is 0 Å². The molecule has 90 valence electrons. The largest absolute Gasteiger partial charge is 0.399 e. The number of aliphatic hydroxyl groups excluding tert-OH is 1. The Morgan fingerprint density at radius 2 is 2.19 bits per heavy atom. The molecule has 0 saturated heterocycles. The van der Waals surface area contributed by atoms with E-state index in [1.165, 1.54) is 13.0 Å². The first-order valence-electron chi connectivity index (χ1n) is 4.55. The van der Waals surface area contributed by atoms with Gasteiger partial charge in [-0.05, 0) is 25.1 Å². The summed E-state index contributed by atoms with van der Waals surface area (Å²) < 4.78 is 38.5. The molecule has 0 heterocycles. The number of nitrogens with one attached hydrogen (secondary N) is 1. The van der Waals surface area contributed by atoms with Crippen LogP contribution in [-0.2, 0) is 10.0 Å². The van der Waals surface area contributed by atoms with Crippen LogP contribution in [0.1, 0.15) is 6.92 Å². The van der Waals surface area contributed by atoms with Crippen LogP contribution in [0.25, 0.3) is 0 Å². The second-order valence-corrected chi connectivity index (χ2v) is 5.13. The lowest BCUT2D eigenvalue weighted by atomic mass is 10.3. The van der Waals surface area contributed by atoms with Gasteiger partial charge in [-0.2, -0.15) is 0 Å². The third-order valence-electron chi connectivity index (χ3n) is 1.81. The van der Waals surface area contributed by atoms with Gasteiger partial charge in [-0.3, -0.25) is 0 Å². The molecule has 0 bridgehead atoms. The van der Waals surface area contributed by atoms with Crippen LogP contribution in [0, 0.1) is 5.82 Å². The molecular weight excluding hydrogens is 235 g/mol. The number of anilines is 1. The number of benzene rings is 1. The number of halogens is 1. The lowest BCUT2D eigenvalue weighted by Crippen LogP contribution is -2.31. The topological polar surface area (TPSA) is 92.4 Å². The quantitative estimate of drug-likeness (QED) is 0.657. The minimum absolute atomic E-state index is 0.145. The summed E-state index contributed by atoms with van der Waals surface area (Å²) in [7, 11) is -3.94. The van der Waals surface area contributed by atoms with Crippen LogP contribution in [0.3, 0.4) is 0 Å². The summed E-state index contributed by atoms with van der Waals surface area (Å²) in [5.41, 5.74) is 5.44. The fourth-order valence-electron chi connectivity index (χ4n) is 1.04. The van der Waals surface area contributed by atoms with Gasteiger partial charge in [0.15, 0.2) is 0 Å². The van der Waals surface area contributed by atoms with E-state index in [0.29, 0.717) is 0 Å². The first kappa shape index (κ1) is 12.9. The predicted molar refractivity (Wildman–Crippen MR) is 57.7 cm³/mol.